The molecule has 0 fully saturated rings. The van der Waals surface area contributed by atoms with Crippen LogP contribution in [-0.4, -0.2) is 18.5 Å². The van der Waals surface area contributed by atoms with Gasteiger partial charge in [-0.05, 0) is 30.8 Å². The molecule has 21 heavy (non-hydrogen) atoms. The quantitative estimate of drug-likeness (QED) is 0.883. The predicted molar refractivity (Wildman–Crippen MR) is 83.8 cm³/mol. The average Bonchev–Trinajstić information content (AvgIpc) is 2.44. The van der Waals surface area contributed by atoms with Crippen molar-refractivity contribution in [1.82, 2.24) is 4.90 Å². The smallest absolute Gasteiger partial charge is 0.127 e. The largest absolute Gasteiger partial charge is 0.329 e. The lowest BCUT2D eigenvalue weighted by Gasteiger charge is -2.28. The number of nitrogens with zero attached hydrogens (tertiary/aromatic N) is 1. The zero-order chi connectivity index (χ0) is 15.4. The van der Waals surface area contributed by atoms with Gasteiger partial charge in [0.2, 0.25) is 0 Å². The van der Waals surface area contributed by atoms with Crippen LogP contribution in [0.25, 0.3) is 0 Å². The molecule has 2 nitrogen and oxygen atoms in total. The lowest BCUT2D eigenvalue weighted by Crippen LogP contribution is -2.30. The molecule has 5 heteroatoms. The van der Waals surface area contributed by atoms with Crippen molar-refractivity contribution < 1.29 is 8.78 Å². The van der Waals surface area contributed by atoms with Gasteiger partial charge in [-0.15, -0.1) is 0 Å². The molecule has 0 spiro atoms. The van der Waals surface area contributed by atoms with E-state index in [0.29, 0.717) is 23.1 Å². The predicted octanol–water partition coefficient (Wildman–Crippen LogP) is 3.86. The van der Waals surface area contributed by atoms with Crippen LogP contribution in [0, 0.1) is 11.6 Å². The second kappa shape index (κ2) is 7.11. The Labute approximate surface area is 131 Å². The summed E-state index contributed by atoms with van der Waals surface area (Å²) in [5.74, 6) is -0.545. The minimum absolute atomic E-state index is 0.125. The van der Waals surface area contributed by atoms with Crippen LogP contribution in [0.15, 0.2) is 46.9 Å². The van der Waals surface area contributed by atoms with Crippen molar-refractivity contribution in [2.24, 2.45) is 5.73 Å². The van der Waals surface area contributed by atoms with E-state index in [1.165, 1.54) is 18.2 Å². The van der Waals surface area contributed by atoms with E-state index in [9.17, 15) is 8.78 Å². The lowest BCUT2D eigenvalue weighted by atomic mass is 10.0. The number of rotatable bonds is 5. The van der Waals surface area contributed by atoms with Crippen LogP contribution < -0.4 is 5.73 Å². The molecule has 1 atom stereocenters. The lowest BCUT2D eigenvalue weighted by molar-refractivity contribution is 0.238. The molecule has 0 bridgehead atoms. The summed E-state index contributed by atoms with van der Waals surface area (Å²) in [6.45, 7) is 0.785. The highest BCUT2D eigenvalue weighted by Gasteiger charge is 2.19. The molecule has 2 aromatic carbocycles. The molecule has 0 aliphatic rings. The fourth-order valence-electron chi connectivity index (χ4n) is 2.32. The van der Waals surface area contributed by atoms with Gasteiger partial charge in [0.05, 0.1) is 0 Å². The van der Waals surface area contributed by atoms with Crippen molar-refractivity contribution >= 4 is 15.9 Å². The van der Waals surface area contributed by atoms with Crippen molar-refractivity contribution in [3.05, 3.63) is 69.7 Å². The number of hydrogen-bond donors (Lipinski definition) is 1. The normalized spacial score (nSPS) is 12.7. The second-order valence-electron chi connectivity index (χ2n) is 4.92. The van der Waals surface area contributed by atoms with Gasteiger partial charge in [-0.2, -0.15) is 0 Å². The summed E-state index contributed by atoms with van der Waals surface area (Å²) in [6, 6.07) is 11.0. The van der Waals surface area contributed by atoms with Gasteiger partial charge < -0.3 is 5.73 Å². The Morgan fingerprint density at radius 2 is 1.90 bits per heavy atom. The Morgan fingerprint density at radius 1 is 1.19 bits per heavy atom. The molecular formula is C16H17BrF2N2. The fourth-order valence-corrected chi connectivity index (χ4v) is 2.94. The maximum atomic E-state index is 13.7. The fraction of sp³-hybridized carbons (Fsp3) is 0.250. The summed E-state index contributed by atoms with van der Waals surface area (Å²) in [4.78, 5) is 1.95. The monoisotopic (exact) mass is 354 g/mol. The zero-order valence-corrected chi connectivity index (χ0v) is 13.3. The molecule has 1 unspecified atom stereocenters. The highest BCUT2D eigenvalue weighted by atomic mass is 79.9. The minimum Gasteiger partial charge on any atom is -0.329 e. The molecule has 2 rings (SSSR count). The van der Waals surface area contributed by atoms with Crippen LogP contribution in [0.3, 0.4) is 0 Å². The molecule has 0 heterocycles. The van der Waals surface area contributed by atoms with Crippen molar-refractivity contribution in [2.75, 3.05) is 13.6 Å². The maximum absolute atomic E-state index is 13.7. The molecule has 112 valence electrons. The molecule has 2 N–H and O–H groups in total. The van der Waals surface area contributed by atoms with Gasteiger partial charge in [-0.25, -0.2) is 8.78 Å². The van der Waals surface area contributed by atoms with E-state index in [0.717, 1.165) is 5.56 Å². The van der Waals surface area contributed by atoms with Crippen LogP contribution >= 0.6 is 15.9 Å². The Morgan fingerprint density at radius 3 is 2.52 bits per heavy atom. The van der Waals surface area contributed by atoms with Crippen LogP contribution in [0.5, 0.6) is 0 Å². The first kappa shape index (κ1) is 16.1. The molecule has 0 aliphatic heterocycles. The Bertz CT molecular complexity index is 619. The van der Waals surface area contributed by atoms with E-state index in [1.54, 1.807) is 24.3 Å². The van der Waals surface area contributed by atoms with Crippen molar-refractivity contribution in [1.29, 1.82) is 0 Å². The standard InChI is InChI=1S/C16H17BrF2N2/c1-21(10-11-4-2-3-5-15(11)19)16(9-20)13-7-6-12(18)8-14(13)17/h2-8,16H,9-10,20H2,1H3. The highest BCUT2D eigenvalue weighted by Crippen LogP contribution is 2.28. The van der Waals surface area contributed by atoms with E-state index in [2.05, 4.69) is 15.9 Å². The van der Waals surface area contributed by atoms with Crippen LogP contribution in [0.2, 0.25) is 0 Å². The summed E-state index contributed by atoms with van der Waals surface area (Å²) >= 11 is 3.36. The second-order valence-corrected chi connectivity index (χ2v) is 5.78. The number of hydrogen-bond acceptors (Lipinski definition) is 2. The third-order valence-electron chi connectivity index (χ3n) is 3.45. The van der Waals surface area contributed by atoms with E-state index in [4.69, 9.17) is 5.73 Å². The highest BCUT2D eigenvalue weighted by molar-refractivity contribution is 9.10. The molecule has 0 aromatic heterocycles. The Kier molecular flexibility index (Phi) is 5.45. The molecule has 0 radical (unpaired) electrons. The topological polar surface area (TPSA) is 29.3 Å². The third kappa shape index (κ3) is 3.87. The first-order valence-corrected chi connectivity index (χ1v) is 7.41. The number of nitrogens with two attached hydrogens (primary N) is 1. The number of likely N-dealkylation sites (N-methyl/N-ethyl adjacent to an activating group) is 1. The maximum Gasteiger partial charge on any atom is 0.127 e. The molecular weight excluding hydrogens is 338 g/mol. The Balaban J connectivity index is 2.22. The average molecular weight is 355 g/mol. The zero-order valence-electron chi connectivity index (χ0n) is 11.7. The molecule has 0 amide bonds. The summed E-state index contributed by atoms with van der Waals surface area (Å²) in [5, 5.41) is 0. The van der Waals surface area contributed by atoms with Gasteiger partial charge in [0, 0.05) is 29.2 Å². The van der Waals surface area contributed by atoms with Crippen LogP contribution in [-0.2, 0) is 6.54 Å². The van der Waals surface area contributed by atoms with E-state index in [1.807, 2.05) is 11.9 Å². The van der Waals surface area contributed by atoms with Gasteiger partial charge in [0.25, 0.3) is 0 Å². The summed E-state index contributed by atoms with van der Waals surface area (Å²) in [7, 11) is 1.87. The number of benzene rings is 2. The summed E-state index contributed by atoms with van der Waals surface area (Å²) in [6.07, 6.45) is 0. The van der Waals surface area contributed by atoms with Crippen LogP contribution in [0.1, 0.15) is 17.2 Å². The van der Waals surface area contributed by atoms with Gasteiger partial charge in [0.15, 0.2) is 0 Å². The van der Waals surface area contributed by atoms with Gasteiger partial charge in [-0.3, -0.25) is 4.90 Å². The van der Waals surface area contributed by atoms with Crippen molar-refractivity contribution in [3.63, 3.8) is 0 Å². The number of halogens is 3. The molecule has 2 aromatic rings. The van der Waals surface area contributed by atoms with E-state index < -0.39 is 0 Å². The van der Waals surface area contributed by atoms with Gasteiger partial charge in [0.1, 0.15) is 11.6 Å². The van der Waals surface area contributed by atoms with Crippen molar-refractivity contribution in [2.45, 2.75) is 12.6 Å². The minimum atomic E-state index is -0.307. The third-order valence-corrected chi connectivity index (χ3v) is 4.14. The van der Waals surface area contributed by atoms with E-state index in [-0.39, 0.29) is 17.7 Å². The van der Waals surface area contributed by atoms with Crippen molar-refractivity contribution in [3.8, 4) is 0 Å². The Hall–Kier alpha value is -1.30. The van der Waals surface area contributed by atoms with Gasteiger partial charge in [-0.1, -0.05) is 40.2 Å². The van der Waals surface area contributed by atoms with Gasteiger partial charge >= 0.3 is 0 Å². The molecule has 0 saturated heterocycles. The summed E-state index contributed by atoms with van der Waals surface area (Å²) in [5.41, 5.74) is 7.35. The van der Waals surface area contributed by atoms with Crippen LogP contribution in [0.4, 0.5) is 8.78 Å². The van der Waals surface area contributed by atoms with E-state index >= 15 is 0 Å². The first-order chi connectivity index (χ1) is 10.0. The molecule has 0 saturated carbocycles. The molecule has 0 aliphatic carbocycles. The first-order valence-electron chi connectivity index (χ1n) is 6.61. The SMILES string of the molecule is CN(Cc1ccccc1F)C(CN)c1ccc(F)cc1Br. The summed E-state index contributed by atoms with van der Waals surface area (Å²) < 4.78 is 27.6.